The number of hydrogen-bond donors (Lipinski definition) is 1. The fraction of sp³-hybridized carbons (Fsp3) is 0.167. The summed E-state index contributed by atoms with van der Waals surface area (Å²) in [6.45, 7) is 0.437. The van der Waals surface area contributed by atoms with E-state index in [-0.39, 0.29) is 5.91 Å². The third-order valence-electron chi connectivity index (χ3n) is 3.72. The average molecular weight is 322 g/mol. The fourth-order valence-electron chi connectivity index (χ4n) is 2.44. The molecule has 1 N–H and O–H groups in total. The zero-order valence-electron chi connectivity index (χ0n) is 13.6. The topological polar surface area (TPSA) is 71.1 Å². The van der Waals surface area contributed by atoms with Gasteiger partial charge in [0.15, 0.2) is 0 Å². The van der Waals surface area contributed by atoms with E-state index in [1.54, 1.807) is 31.5 Å². The quantitative estimate of drug-likeness (QED) is 0.784. The van der Waals surface area contributed by atoms with Gasteiger partial charge in [-0.2, -0.15) is 5.10 Å². The van der Waals surface area contributed by atoms with Crippen molar-refractivity contribution in [1.29, 1.82) is 0 Å². The first-order chi connectivity index (χ1) is 11.7. The lowest BCUT2D eigenvalue weighted by Gasteiger charge is -2.16. The highest BCUT2D eigenvalue weighted by atomic mass is 16.5. The summed E-state index contributed by atoms with van der Waals surface area (Å²) in [5, 5.41) is 6.94. The lowest BCUT2D eigenvalue weighted by Crippen LogP contribution is -2.26. The largest absolute Gasteiger partial charge is 0.497 e. The van der Waals surface area contributed by atoms with Crippen LogP contribution in [-0.2, 0) is 6.54 Å². The van der Waals surface area contributed by atoms with Crippen LogP contribution in [-0.4, -0.2) is 40.1 Å². The molecule has 2 heterocycles. The number of ether oxygens (including phenoxy) is 1. The summed E-state index contributed by atoms with van der Waals surface area (Å²) in [6, 6.07) is 13.1. The Morgan fingerprint density at radius 2 is 2.00 bits per heavy atom. The van der Waals surface area contributed by atoms with Crippen molar-refractivity contribution in [2.24, 2.45) is 0 Å². The van der Waals surface area contributed by atoms with E-state index in [0.717, 1.165) is 17.0 Å². The van der Waals surface area contributed by atoms with E-state index in [9.17, 15) is 4.79 Å². The highest BCUT2D eigenvalue weighted by Crippen LogP contribution is 2.24. The fourth-order valence-corrected chi connectivity index (χ4v) is 2.44. The Morgan fingerprint density at radius 3 is 2.67 bits per heavy atom. The van der Waals surface area contributed by atoms with Gasteiger partial charge < -0.3 is 9.64 Å². The van der Waals surface area contributed by atoms with Crippen LogP contribution in [0.3, 0.4) is 0 Å². The molecule has 1 amide bonds. The second kappa shape index (κ2) is 6.95. The van der Waals surface area contributed by atoms with Gasteiger partial charge in [-0.05, 0) is 36.4 Å². The van der Waals surface area contributed by atoms with E-state index in [1.807, 2.05) is 42.5 Å². The van der Waals surface area contributed by atoms with Crippen molar-refractivity contribution in [3.05, 3.63) is 66.1 Å². The molecule has 0 atom stereocenters. The van der Waals surface area contributed by atoms with Gasteiger partial charge in [-0.25, -0.2) is 0 Å². The van der Waals surface area contributed by atoms with Gasteiger partial charge in [0.25, 0.3) is 5.91 Å². The molecule has 0 radical (unpaired) electrons. The van der Waals surface area contributed by atoms with Crippen molar-refractivity contribution < 1.29 is 9.53 Å². The normalized spacial score (nSPS) is 10.4. The molecule has 0 aliphatic heterocycles. The molecule has 122 valence electrons. The Bertz CT molecular complexity index is 813. The van der Waals surface area contributed by atoms with E-state index >= 15 is 0 Å². The number of rotatable bonds is 5. The maximum Gasteiger partial charge on any atom is 0.257 e. The van der Waals surface area contributed by atoms with Crippen LogP contribution >= 0.6 is 0 Å². The standard InChI is InChI=1S/C18H18N4O2/c1-22(12-14-5-3-4-10-19-14)18(23)16-11-20-21-17(16)13-6-8-15(24-2)9-7-13/h3-11H,12H2,1-2H3,(H,20,21). The second-order valence-corrected chi connectivity index (χ2v) is 5.37. The molecule has 24 heavy (non-hydrogen) atoms. The highest BCUT2D eigenvalue weighted by molar-refractivity contribution is 5.99. The number of carbonyl (C=O) groups is 1. The van der Waals surface area contributed by atoms with Crippen LogP contribution < -0.4 is 4.74 Å². The first-order valence-corrected chi connectivity index (χ1v) is 7.52. The van der Waals surface area contributed by atoms with Gasteiger partial charge in [-0.15, -0.1) is 0 Å². The lowest BCUT2D eigenvalue weighted by atomic mass is 10.1. The van der Waals surface area contributed by atoms with Gasteiger partial charge in [0.05, 0.1) is 36.8 Å². The van der Waals surface area contributed by atoms with Crippen molar-refractivity contribution in [2.75, 3.05) is 14.2 Å². The van der Waals surface area contributed by atoms with Crippen molar-refractivity contribution in [1.82, 2.24) is 20.1 Å². The molecule has 0 spiro atoms. The van der Waals surface area contributed by atoms with Crippen LogP contribution in [0.15, 0.2) is 54.9 Å². The zero-order valence-corrected chi connectivity index (χ0v) is 13.6. The maximum absolute atomic E-state index is 12.7. The number of pyridine rings is 1. The minimum atomic E-state index is -0.111. The molecule has 6 nitrogen and oxygen atoms in total. The molecular formula is C18H18N4O2. The summed E-state index contributed by atoms with van der Waals surface area (Å²) >= 11 is 0. The van der Waals surface area contributed by atoms with E-state index in [2.05, 4.69) is 15.2 Å². The van der Waals surface area contributed by atoms with Crippen molar-refractivity contribution in [3.8, 4) is 17.0 Å². The maximum atomic E-state index is 12.7. The molecule has 1 aromatic carbocycles. The van der Waals surface area contributed by atoms with Crippen LogP contribution in [0.4, 0.5) is 0 Å². The van der Waals surface area contributed by atoms with Crippen molar-refractivity contribution >= 4 is 5.91 Å². The van der Waals surface area contributed by atoms with E-state index in [0.29, 0.717) is 17.8 Å². The molecule has 3 aromatic rings. The molecule has 0 aliphatic carbocycles. The number of carbonyl (C=O) groups excluding carboxylic acids is 1. The second-order valence-electron chi connectivity index (χ2n) is 5.37. The first-order valence-electron chi connectivity index (χ1n) is 7.52. The van der Waals surface area contributed by atoms with Crippen LogP contribution in [0, 0.1) is 0 Å². The van der Waals surface area contributed by atoms with Gasteiger partial charge >= 0.3 is 0 Å². The van der Waals surface area contributed by atoms with Gasteiger partial charge in [0.1, 0.15) is 5.75 Å². The van der Waals surface area contributed by atoms with Crippen molar-refractivity contribution in [3.63, 3.8) is 0 Å². The summed E-state index contributed by atoms with van der Waals surface area (Å²) in [5.74, 6) is 0.652. The Kier molecular flexibility index (Phi) is 4.56. The summed E-state index contributed by atoms with van der Waals surface area (Å²) in [6.07, 6.45) is 3.27. The molecule has 2 aromatic heterocycles. The number of nitrogens with one attached hydrogen (secondary N) is 1. The molecule has 0 saturated carbocycles. The molecule has 3 rings (SSSR count). The van der Waals surface area contributed by atoms with E-state index in [1.165, 1.54) is 0 Å². The van der Waals surface area contributed by atoms with Gasteiger partial charge in [-0.3, -0.25) is 14.9 Å². The summed E-state index contributed by atoms with van der Waals surface area (Å²) in [5.41, 5.74) is 2.93. The number of H-pyrrole nitrogens is 1. The molecule has 0 aliphatic rings. The van der Waals surface area contributed by atoms with Crippen LogP contribution in [0.5, 0.6) is 5.75 Å². The first kappa shape index (κ1) is 15.7. The van der Waals surface area contributed by atoms with E-state index < -0.39 is 0 Å². The zero-order chi connectivity index (χ0) is 16.9. The summed E-state index contributed by atoms with van der Waals surface area (Å²) < 4.78 is 5.16. The molecule has 0 unspecified atom stereocenters. The Balaban J connectivity index is 1.82. The van der Waals surface area contributed by atoms with Crippen LogP contribution in [0.2, 0.25) is 0 Å². The SMILES string of the molecule is COc1ccc(-c2[nH]ncc2C(=O)N(C)Cc2ccccn2)cc1. The Hall–Kier alpha value is -3.15. The number of methoxy groups -OCH3 is 1. The number of amides is 1. The monoisotopic (exact) mass is 322 g/mol. The lowest BCUT2D eigenvalue weighted by molar-refractivity contribution is 0.0784. The number of aromatic nitrogens is 3. The third kappa shape index (κ3) is 3.27. The van der Waals surface area contributed by atoms with E-state index in [4.69, 9.17) is 4.74 Å². The number of nitrogens with zero attached hydrogens (tertiary/aromatic N) is 3. The molecule has 0 bridgehead atoms. The van der Waals surface area contributed by atoms with Gasteiger partial charge in [-0.1, -0.05) is 6.07 Å². The third-order valence-corrected chi connectivity index (χ3v) is 3.72. The average Bonchev–Trinajstić information content (AvgIpc) is 3.11. The predicted octanol–water partition coefficient (Wildman–Crippen LogP) is 2.75. The van der Waals surface area contributed by atoms with Gasteiger partial charge in [0, 0.05) is 18.8 Å². The summed E-state index contributed by atoms with van der Waals surface area (Å²) in [4.78, 5) is 18.6. The Morgan fingerprint density at radius 1 is 1.21 bits per heavy atom. The van der Waals surface area contributed by atoms with Crippen LogP contribution in [0.1, 0.15) is 16.1 Å². The smallest absolute Gasteiger partial charge is 0.257 e. The molecule has 6 heteroatoms. The predicted molar refractivity (Wildman–Crippen MR) is 90.6 cm³/mol. The number of aromatic amines is 1. The van der Waals surface area contributed by atoms with Crippen LogP contribution in [0.25, 0.3) is 11.3 Å². The van der Waals surface area contributed by atoms with Crippen molar-refractivity contribution in [2.45, 2.75) is 6.54 Å². The highest BCUT2D eigenvalue weighted by Gasteiger charge is 2.19. The number of benzene rings is 1. The molecule has 0 fully saturated rings. The number of hydrogen-bond acceptors (Lipinski definition) is 4. The van der Waals surface area contributed by atoms with Gasteiger partial charge in [0.2, 0.25) is 0 Å². The summed E-state index contributed by atoms with van der Waals surface area (Å²) in [7, 11) is 3.37. The Labute approximate surface area is 140 Å². The minimum absolute atomic E-state index is 0.111. The minimum Gasteiger partial charge on any atom is -0.497 e. The molecular weight excluding hydrogens is 304 g/mol. The molecule has 0 saturated heterocycles.